The van der Waals surface area contributed by atoms with Gasteiger partial charge < -0.3 is 15.5 Å². The summed E-state index contributed by atoms with van der Waals surface area (Å²) >= 11 is 0. The van der Waals surface area contributed by atoms with Gasteiger partial charge in [-0.2, -0.15) is 0 Å². The third-order valence-corrected chi connectivity index (χ3v) is 5.84. The standard InChI is InChI=1S/C24H35F2N3O3/c1-4-5-6-7-13-27-22(30)17-10-9-14-29(15-17)24(32)21(16(2)3)28-23(31)20-18(25)11-8-12-19(20)26/h8,11-12,16-17,21H,4-7,9-10,13-15H2,1-3H3,(H,27,30)(H,28,31)/t17?,21-/m0/s1. The fourth-order valence-corrected chi connectivity index (χ4v) is 3.94. The van der Waals surface area contributed by atoms with Crippen molar-refractivity contribution in [2.24, 2.45) is 11.8 Å². The molecule has 0 bridgehead atoms. The van der Waals surface area contributed by atoms with Gasteiger partial charge in [0.1, 0.15) is 23.2 Å². The van der Waals surface area contributed by atoms with E-state index in [1.807, 2.05) is 0 Å². The summed E-state index contributed by atoms with van der Waals surface area (Å²) in [4.78, 5) is 39.8. The van der Waals surface area contributed by atoms with Crippen LogP contribution in [0.4, 0.5) is 8.78 Å². The van der Waals surface area contributed by atoms with Gasteiger partial charge in [-0.05, 0) is 37.3 Å². The molecule has 1 aromatic carbocycles. The summed E-state index contributed by atoms with van der Waals surface area (Å²) in [5, 5.41) is 5.46. The van der Waals surface area contributed by atoms with E-state index in [1.54, 1.807) is 18.7 Å². The Morgan fingerprint density at radius 2 is 1.81 bits per heavy atom. The van der Waals surface area contributed by atoms with Gasteiger partial charge >= 0.3 is 0 Å². The average molecular weight is 452 g/mol. The summed E-state index contributed by atoms with van der Waals surface area (Å²) in [7, 11) is 0. The summed E-state index contributed by atoms with van der Waals surface area (Å²) in [5.74, 6) is -3.92. The van der Waals surface area contributed by atoms with Crippen LogP contribution < -0.4 is 10.6 Å². The molecular weight excluding hydrogens is 416 g/mol. The number of hydrogen-bond acceptors (Lipinski definition) is 3. The molecule has 2 N–H and O–H groups in total. The van der Waals surface area contributed by atoms with Gasteiger partial charge in [-0.25, -0.2) is 8.78 Å². The highest BCUT2D eigenvalue weighted by molar-refractivity contribution is 5.98. The highest BCUT2D eigenvalue weighted by Crippen LogP contribution is 2.20. The van der Waals surface area contributed by atoms with E-state index in [4.69, 9.17) is 0 Å². The first kappa shape index (κ1) is 25.7. The molecule has 2 rings (SSSR count). The number of hydrogen-bond donors (Lipinski definition) is 2. The van der Waals surface area contributed by atoms with E-state index < -0.39 is 29.1 Å². The monoisotopic (exact) mass is 451 g/mol. The lowest BCUT2D eigenvalue weighted by Crippen LogP contribution is -2.54. The summed E-state index contributed by atoms with van der Waals surface area (Å²) in [6.07, 6.45) is 5.66. The van der Waals surface area contributed by atoms with Gasteiger partial charge in [0.15, 0.2) is 0 Å². The van der Waals surface area contributed by atoms with E-state index >= 15 is 0 Å². The summed E-state index contributed by atoms with van der Waals surface area (Å²) in [5.41, 5.74) is -0.704. The molecule has 1 heterocycles. The molecule has 178 valence electrons. The van der Waals surface area contributed by atoms with E-state index in [0.29, 0.717) is 25.9 Å². The average Bonchev–Trinajstić information content (AvgIpc) is 2.76. The molecule has 2 atom stereocenters. The van der Waals surface area contributed by atoms with Crippen molar-refractivity contribution in [3.8, 4) is 0 Å². The molecule has 0 spiro atoms. The van der Waals surface area contributed by atoms with E-state index in [-0.39, 0.29) is 30.2 Å². The van der Waals surface area contributed by atoms with Gasteiger partial charge in [0.05, 0.1) is 5.92 Å². The van der Waals surface area contributed by atoms with E-state index in [9.17, 15) is 23.2 Å². The Hall–Kier alpha value is -2.51. The molecule has 1 aromatic rings. The van der Waals surface area contributed by atoms with Gasteiger partial charge in [-0.1, -0.05) is 46.1 Å². The van der Waals surface area contributed by atoms with E-state index in [1.165, 1.54) is 6.07 Å². The molecule has 32 heavy (non-hydrogen) atoms. The van der Waals surface area contributed by atoms with E-state index in [0.717, 1.165) is 37.8 Å². The van der Waals surface area contributed by atoms with Crippen LogP contribution >= 0.6 is 0 Å². The number of carbonyl (C=O) groups is 3. The summed E-state index contributed by atoms with van der Waals surface area (Å²) in [6.45, 7) is 7.02. The van der Waals surface area contributed by atoms with Crippen LogP contribution in [0.25, 0.3) is 0 Å². The Morgan fingerprint density at radius 1 is 1.12 bits per heavy atom. The van der Waals surface area contributed by atoms with Crippen LogP contribution in [0.3, 0.4) is 0 Å². The second-order valence-corrected chi connectivity index (χ2v) is 8.77. The van der Waals surface area contributed by atoms with Crippen molar-refractivity contribution in [2.75, 3.05) is 19.6 Å². The van der Waals surface area contributed by atoms with Gasteiger partial charge in [0.25, 0.3) is 5.91 Å². The predicted octanol–water partition coefficient (Wildman–Crippen LogP) is 3.65. The molecule has 1 fully saturated rings. The number of likely N-dealkylation sites (tertiary alicyclic amines) is 1. The molecule has 6 nitrogen and oxygen atoms in total. The van der Waals surface area contributed by atoms with Gasteiger partial charge in [0.2, 0.25) is 11.8 Å². The van der Waals surface area contributed by atoms with Crippen LogP contribution in [-0.4, -0.2) is 48.3 Å². The van der Waals surface area contributed by atoms with Crippen molar-refractivity contribution in [3.63, 3.8) is 0 Å². The highest BCUT2D eigenvalue weighted by Gasteiger charge is 2.34. The molecule has 0 radical (unpaired) electrons. The number of halogens is 2. The van der Waals surface area contributed by atoms with Crippen LogP contribution in [0.1, 0.15) is 69.7 Å². The Bertz CT molecular complexity index is 780. The van der Waals surface area contributed by atoms with Crippen molar-refractivity contribution in [1.82, 2.24) is 15.5 Å². The molecule has 3 amide bonds. The molecule has 8 heteroatoms. The second-order valence-electron chi connectivity index (χ2n) is 8.77. The zero-order chi connectivity index (χ0) is 23.7. The van der Waals surface area contributed by atoms with Crippen molar-refractivity contribution in [3.05, 3.63) is 35.4 Å². The third kappa shape index (κ3) is 7.00. The molecule has 0 aliphatic carbocycles. The Morgan fingerprint density at radius 3 is 2.44 bits per heavy atom. The molecule has 1 aliphatic heterocycles. The molecule has 0 saturated carbocycles. The fourth-order valence-electron chi connectivity index (χ4n) is 3.94. The maximum absolute atomic E-state index is 14.0. The lowest BCUT2D eigenvalue weighted by atomic mass is 9.94. The molecule has 1 unspecified atom stereocenters. The predicted molar refractivity (Wildman–Crippen MR) is 119 cm³/mol. The van der Waals surface area contributed by atoms with Crippen molar-refractivity contribution >= 4 is 17.7 Å². The first-order chi connectivity index (χ1) is 15.3. The largest absolute Gasteiger partial charge is 0.356 e. The number of rotatable bonds is 10. The Labute approximate surface area is 189 Å². The molecule has 1 aliphatic rings. The lowest BCUT2D eigenvalue weighted by Gasteiger charge is -2.35. The van der Waals surface area contributed by atoms with Crippen LogP contribution in [0, 0.1) is 23.5 Å². The normalized spacial score (nSPS) is 17.2. The zero-order valence-corrected chi connectivity index (χ0v) is 19.3. The number of benzene rings is 1. The first-order valence-electron chi connectivity index (χ1n) is 11.6. The number of amides is 3. The third-order valence-electron chi connectivity index (χ3n) is 5.84. The Balaban J connectivity index is 2.00. The lowest BCUT2D eigenvalue weighted by molar-refractivity contribution is -0.138. The summed E-state index contributed by atoms with van der Waals surface area (Å²) in [6, 6.07) is 2.23. The zero-order valence-electron chi connectivity index (χ0n) is 19.3. The molecule has 0 aromatic heterocycles. The van der Waals surface area contributed by atoms with Crippen molar-refractivity contribution in [2.45, 2.75) is 65.3 Å². The minimum Gasteiger partial charge on any atom is -0.356 e. The van der Waals surface area contributed by atoms with Gasteiger partial charge in [-0.3, -0.25) is 14.4 Å². The topological polar surface area (TPSA) is 78.5 Å². The van der Waals surface area contributed by atoms with Crippen LogP contribution in [0.2, 0.25) is 0 Å². The number of nitrogens with one attached hydrogen (secondary N) is 2. The number of nitrogens with zero attached hydrogens (tertiary/aromatic N) is 1. The van der Waals surface area contributed by atoms with Crippen molar-refractivity contribution < 1.29 is 23.2 Å². The van der Waals surface area contributed by atoms with E-state index in [2.05, 4.69) is 17.6 Å². The van der Waals surface area contributed by atoms with Crippen LogP contribution in [0.5, 0.6) is 0 Å². The van der Waals surface area contributed by atoms with Crippen LogP contribution in [0.15, 0.2) is 18.2 Å². The van der Waals surface area contributed by atoms with Crippen molar-refractivity contribution in [1.29, 1.82) is 0 Å². The maximum Gasteiger partial charge on any atom is 0.257 e. The second kappa shape index (κ2) is 12.5. The quantitative estimate of drug-likeness (QED) is 0.533. The number of unbranched alkanes of at least 4 members (excludes halogenated alkanes) is 3. The SMILES string of the molecule is CCCCCCNC(=O)C1CCCN(C(=O)[C@@H](NC(=O)c2c(F)cccc2F)C(C)C)C1. The maximum atomic E-state index is 14.0. The number of piperidine rings is 1. The first-order valence-corrected chi connectivity index (χ1v) is 11.6. The van der Waals surface area contributed by atoms with Gasteiger partial charge in [-0.15, -0.1) is 0 Å². The minimum atomic E-state index is -0.980. The van der Waals surface area contributed by atoms with Gasteiger partial charge in [0, 0.05) is 19.6 Å². The van der Waals surface area contributed by atoms with Crippen LogP contribution in [-0.2, 0) is 9.59 Å². The summed E-state index contributed by atoms with van der Waals surface area (Å²) < 4.78 is 28.0. The molecular formula is C24H35F2N3O3. The molecule has 1 saturated heterocycles. The fraction of sp³-hybridized carbons (Fsp3) is 0.625. The minimum absolute atomic E-state index is 0.0578. The smallest absolute Gasteiger partial charge is 0.257 e. The highest BCUT2D eigenvalue weighted by atomic mass is 19.1. The number of carbonyl (C=O) groups excluding carboxylic acids is 3. The Kier molecular flexibility index (Phi) is 10.1.